The summed E-state index contributed by atoms with van der Waals surface area (Å²) in [5.74, 6) is 0.524. The van der Waals surface area contributed by atoms with Crippen molar-refractivity contribution in [2.75, 3.05) is 18.0 Å². The summed E-state index contributed by atoms with van der Waals surface area (Å²) < 4.78 is 15.4. The highest BCUT2D eigenvalue weighted by atomic mass is 35.5. The molecule has 0 saturated carbocycles. The molecule has 0 radical (unpaired) electrons. The number of anilines is 1. The van der Waals surface area contributed by atoms with Gasteiger partial charge in [0, 0.05) is 30.7 Å². The van der Waals surface area contributed by atoms with Crippen LogP contribution in [0.25, 0.3) is 11.0 Å². The maximum absolute atomic E-state index is 13.5. The average molecular weight is 360 g/mol. The normalized spacial score (nSPS) is 17.2. The molecule has 130 valence electrons. The van der Waals surface area contributed by atoms with Gasteiger partial charge in [0.25, 0.3) is 0 Å². The quantitative estimate of drug-likeness (QED) is 0.755. The molecule has 6 heteroatoms. The predicted octanol–water partition coefficient (Wildman–Crippen LogP) is 3.85. The van der Waals surface area contributed by atoms with Crippen LogP contribution in [0.3, 0.4) is 0 Å². The summed E-state index contributed by atoms with van der Waals surface area (Å²) in [5, 5.41) is 11.6. The summed E-state index contributed by atoms with van der Waals surface area (Å²) in [4.78, 5) is 6.76. The first-order chi connectivity index (χ1) is 12.0. The van der Waals surface area contributed by atoms with E-state index < -0.39 is 5.60 Å². The Bertz CT molecular complexity index is 932. The Morgan fingerprint density at radius 3 is 2.60 bits per heavy atom. The molecule has 0 amide bonds. The van der Waals surface area contributed by atoms with Crippen LogP contribution >= 0.6 is 11.6 Å². The fraction of sp³-hybridized carbons (Fsp3) is 0.316. The fourth-order valence-corrected chi connectivity index (χ4v) is 3.93. The molecule has 4 nitrogen and oxygen atoms in total. The number of benzene rings is 2. The molecule has 0 unspecified atom stereocenters. The molecule has 0 spiro atoms. The van der Waals surface area contributed by atoms with E-state index in [4.69, 9.17) is 11.6 Å². The number of aromatic nitrogens is 2. The number of fused-ring (bicyclic) bond motifs is 1. The highest BCUT2D eigenvalue weighted by molar-refractivity contribution is 6.31. The Kier molecular flexibility index (Phi) is 3.93. The number of hydrogen-bond donors (Lipinski definition) is 1. The van der Waals surface area contributed by atoms with E-state index in [2.05, 4.69) is 9.88 Å². The van der Waals surface area contributed by atoms with E-state index in [-0.39, 0.29) is 5.82 Å². The summed E-state index contributed by atoms with van der Waals surface area (Å²) in [5.41, 5.74) is 1.39. The Labute approximate surface area is 150 Å². The van der Waals surface area contributed by atoms with Gasteiger partial charge >= 0.3 is 0 Å². The van der Waals surface area contributed by atoms with Gasteiger partial charge in [-0.05, 0) is 37.1 Å². The van der Waals surface area contributed by atoms with Crippen LogP contribution in [0.4, 0.5) is 10.3 Å². The minimum absolute atomic E-state index is 0.270. The van der Waals surface area contributed by atoms with Crippen molar-refractivity contribution in [2.45, 2.75) is 18.4 Å². The van der Waals surface area contributed by atoms with Gasteiger partial charge in [-0.2, -0.15) is 0 Å². The van der Waals surface area contributed by atoms with Crippen LogP contribution in [0.1, 0.15) is 18.4 Å². The van der Waals surface area contributed by atoms with Crippen molar-refractivity contribution in [1.82, 2.24) is 9.55 Å². The molecule has 2 heterocycles. The van der Waals surface area contributed by atoms with Crippen LogP contribution in [0.2, 0.25) is 5.02 Å². The molecular weight excluding hydrogens is 341 g/mol. The molecule has 1 fully saturated rings. The molecule has 1 aliphatic heterocycles. The molecule has 4 rings (SSSR count). The number of piperidine rings is 1. The summed E-state index contributed by atoms with van der Waals surface area (Å²) in [6.45, 7) is 1.31. The van der Waals surface area contributed by atoms with Gasteiger partial charge in [-0.15, -0.1) is 0 Å². The molecule has 25 heavy (non-hydrogen) atoms. The number of hydrogen-bond acceptors (Lipinski definition) is 3. The third kappa shape index (κ3) is 2.77. The van der Waals surface area contributed by atoms with E-state index in [1.165, 1.54) is 12.1 Å². The van der Waals surface area contributed by atoms with Gasteiger partial charge in [0.15, 0.2) is 0 Å². The van der Waals surface area contributed by atoms with Crippen LogP contribution in [0.15, 0.2) is 42.5 Å². The van der Waals surface area contributed by atoms with Crippen LogP contribution in [-0.2, 0) is 12.6 Å². The molecule has 1 aliphatic rings. The zero-order valence-corrected chi connectivity index (χ0v) is 14.7. The van der Waals surface area contributed by atoms with Crippen LogP contribution in [-0.4, -0.2) is 27.7 Å². The minimum Gasteiger partial charge on any atom is -0.385 e. The van der Waals surface area contributed by atoms with Crippen molar-refractivity contribution in [1.29, 1.82) is 0 Å². The predicted molar refractivity (Wildman–Crippen MR) is 97.5 cm³/mol. The van der Waals surface area contributed by atoms with Crippen LogP contribution in [0, 0.1) is 5.82 Å². The standard InChI is InChI=1S/C19H19ClFN3O/c1-23-17-12-13(21)6-7-16(17)22-18(23)24-10-8-19(25,9-11-24)14-4-2-3-5-15(14)20/h2-7,12,25H,8-11H2,1H3. The second-order valence-corrected chi connectivity index (χ2v) is 7.01. The highest BCUT2D eigenvalue weighted by Gasteiger charge is 2.36. The summed E-state index contributed by atoms with van der Waals surface area (Å²) >= 11 is 6.27. The number of nitrogens with zero attached hydrogens (tertiary/aromatic N) is 3. The smallest absolute Gasteiger partial charge is 0.206 e. The largest absolute Gasteiger partial charge is 0.385 e. The minimum atomic E-state index is -0.925. The maximum atomic E-state index is 13.5. The van der Waals surface area contributed by atoms with E-state index in [9.17, 15) is 9.50 Å². The molecule has 2 aromatic carbocycles. The van der Waals surface area contributed by atoms with E-state index in [0.717, 1.165) is 22.5 Å². The van der Waals surface area contributed by atoms with Gasteiger partial charge in [-0.3, -0.25) is 0 Å². The van der Waals surface area contributed by atoms with Crippen molar-refractivity contribution in [3.63, 3.8) is 0 Å². The Balaban J connectivity index is 1.60. The van der Waals surface area contributed by atoms with Crippen molar-refractivity contribution >= 4 is 28.6 Å². The van der Waals surface area contributed by atoms with Crippen molar-refractivity contribution in [2.24, 2.45) is 7.05 Å². The lowest BCUT2D eigenvalue weighted by atomic mass is 9.84. The van der Waals surface area contributed by atoms with E-state index in [1.54, 1.807) is 12.1 Å². The molecule has 0 atom stereocenters. The second-order valence-electron chi connectivity index (χ2n) is 6.60. The number of rotatable bonds is 2. The summed E-state index contributed by atoms with van der Waals surface area (Å²) in [7, 11) is 1.89. The lowest BCUT2D eigenvalue weighted by Gasteiger charge is -2.39. The molecule has 3 aromatic rings. The number of imidazole rings is 1. The number of halogens is 2. The van der Waals surface area contributed by atoms with Crippen molar-refractivity contribution < 1.29 is 9.50 Å². The number of aryl methyl sites for hydroxylation is 1. The molecule has 1 N–H and O–H groups in total. The van der Waals surface area contributed by atoms with Gasteiger partial charge in [0.2, 0.25) is 5.95 Å². The Morgan fingerprint density at radius 2 is 1.88 bits per heavy atom. The van der Waals surface area contributed by atoms with Crippen molar-refractivity contribution in [3.8, 4) is 0 Å². The lowest BCUT2D eigenvalue weighted by Crippen LogP contribution is -2.43. The first-order valence-corrected chi connectivity index (χ1v) is 8.70. The first kappa shape index (κ1) is 16.4. The average Bonchev–Trinajstić information content (AvgIpc) is 2.92. The van der Waals surface area contributed by atoms with Gasteiger partial charge < -0.3 is 14.6 Å². The molecular formula is C19H19ClFN3O. The first-order valence-electron chi connectivity index (χ1n) is 8.32. The van der Waals surface area contributed by atoms with Gasteiger partial charge in [0.05, 0.1) is 16.6 Å². The van der Waals surface area contributed by atoms with Crippen LogP contribution < -0.4 is 4.90 Å². The zero-order valence-electron chi connectivity index (χ0n) is 13.9. The maximum Gasteiger partial charge on any atom is 0.206 e. The monoisotopic (exact) mass is 359 g/mol. The molecule has 1 saturated heterocycles. The van der Waals surface area contributed by atoms with Crippen molar-refractivity contribution in [3.05, 3.63) is 58.9 Å². The Hall–Kier alpha value is -2.11. The van der Waals surface area contributed by atoms with E-state index in [0.29, 0.717) is 31.0 Å². The van der Waals surface area contributed by atoms with Gasteiger partial charge in [0.1, 0.15) is 5.82 Å². The Morgan fingerprint density at radius 1 is 1.16 bits per heavy atom. The SMILES string of the molecule is Cn1c(N2CCC(O)(c3ccccc3Cl)CC2)nc2ccc(F)cc21. The second kappa shape index (κ2) is 6.00. The molecule has 1 aromatic heterocycles. The third-order valence-corrected chi connectivity index (χ3v) is 5.40. The van der Waals surface area contributed by atoms with E-state index in [1.807, 2.05) is 29.8 Å². The van der Waals surface area contributed by atoms with Gasteiger partial charge in [-0.1, -0.05) is 29.8 Å². The fourth-order valence-electron chi connectivity index (χ4n) is 3.62. The molecule has 0 aliphatic carbocycles. The summed E-state index contributed by atoms with van der Waals surface area (Å²) in [6.07, 6.45) is 1.13. The zero-order chi connectivity index (χ0) is 17.6. The highest BCUT2D eigenvalue weighted by Crippen LogP contribution is 2.38. The number of aliphatic hydroxyl groups is 1. The van der Waals surface area contributed by atoms with Crippen LogP contribution in [0.5, 0.6) is 0 Å². The van der Waals surface area contributed by atoms with E-state index >= 15 is 0 Å². The third-order valence-electron chi connectivity index (χ3n) is 5.07. The summed E-state index contributed by atoms with van der Waals surface area (Å²) in [6, 6.07) is 12.1. The topological polar surface area (TPSA) is 41.3 Å². The van der Waals surface area contributed by atoms with Gasteiger partial charge in [-0.25, -0.2) is 9.37 Å². The molecule has 0 bridgehead atoms. The lowest BCUT2D eigenvalue weighted by molar-refractivity contribution is 0.0116.